The molecule has 286 valence electrons. The minimum Gasteiger partial charge on any atom is -0.508 e. The maximum absolute atomic E-state index is 13.0. The van der Waals surface area contributed by atoms with Gasteiger partial charge in [-0.2, -0.15) is 0 Å². The van der Waals surface area contributed by atoms with Crippen molar-refractivity contribution in [3.05, 3.63) is 168 Å². The van der Waals surface area contributed by atoms with E-state index in [-0.39, 0.29) is 47.0 Å². The summed E-state index contributed by atoms with van der Waals surface area (Å²) in [4.78, 5) is 49.4. The summed E-state index contributed by atoms with van der Waals surface area (Å²) in [6.45, 7) is 0.417. The fraction of sp³-hybridized carbons (Fsp3) is 0.0455. The Hall–Kier alpha value is -8.24. The average molecular weight is 767 g/mol. The molecule has 6 aromatic rings. The van der Waals surface area contributed by atoms with E-state index >= 15 is 0 Å². The van der Waals surface area contributed by atoms with E-state index in [1.165, 1.54) is 30.3 Å². The molecule has 57 heavy (non-hydrogen) atoms. The molecule has 6 aromatic carbocycles. The number of phenols is 1. The molecule has 13 heteroatoms. The number of hydrogen-bond acceptors (Lipinski definition) is 9. The molecule has 0 heterocycles. The first-order valence-electron chi connectivity index (χ1n) is 17.0. The third-order valence-electron chi connectivity index (χ3n) is 7.69. The molecule has 5 N–H and O–H groups in total. The number of amides is 2. The molecule has 0 unspecified atom stereocenters. The summed E-state index contributed by atoms with van der Waals surface area (Å²) in [6.07, 6.45) is 7.03. The second-order valence-corrected chi connectivity index (χ2v) is 11.6. The summed E-state index contributed by atoms with van der Waals surface area (Å²) in [5, 5.41) is 33.2. The Kier molecular flexibility index (Phi) is 13.8. The lowest BCUT2D eigenvalue weighted by molar-refractivity contribution is 0.0683. The summed E-state index contributed by atoms with van der Waals surface area (Å²) in [6, 6.07) is 38.7. The summed E-state index contributed by atoms with van der Waals surface area (Å²) in [5.41, 5.74) is 0.153. The molecule has 6 rings (SSSR count). The first-order chi connectivity index (χ1) is 27.6. The summed E-state index contributed by atoms with van der Waals surface area (Å²) in [7, 11) is 0. The number of carboxylic acids is 2. The standard InChI is InChI=1S/C38H28N2O10.C6H6O/c1-2-47-29-16-18-31(33(22-29)37(43)44)35(41)39-24-8-12-27(13-9-24)50-28-14-10-25(11-15-28)40-36(42)32-19-17-30(23-34(32)38(45)46)49-21-20-48-26-6-4-3-5-7-26;7-6-4-2-1-3-5-6/h1,3-19,22-23H,20-21H2,(H,39,41)(H,40,42)(H,43,44)(H,45,46);1-5,7H. The first-order valence-corrected chi connectivity index (χ1v) is 17.0. The van der Waals surface area contributed by atoms with Crippen LogP contribution in [0.1, 0.15) is 41.4 Å². The molecule has 0 aromatic heterocycles. The third-order valence-corrected chi connectivity index (χ3v) is 7.69. The molecule has 0 saturated heterocycles. The predicted molar refractivity (Wildman–Crippen MR) is 211 cm³/mol. The van der Waals surface area contributed by atoms with Crippen LogP contribution in [0.2, 0.25) is 0 Å². The Morgan fingerprint density at radius 2 is 0.930 bits per heavy atom. The highest BCUT2D eigenvalue weighted by Gasteiger charge is 2.19. The topological polar surface area (TPSA) is 190 Å². The van der Waals surface area contributed by atoms with Gasteiger partial charge in [-0.1, -0.05) is 42.8 Å². The molecule has 0 aliphatic rings. The molecule has 2 amide bonds. The fourth-order valence-electron chi connectivity index (χ4n) is 5.03. The van der Waals surface area contributed by atoms with Crippen LogP contribution < -0.4 is 29.6 Å². The average Bonchev–Trinajstić information content (AvgIpc) is 3.22. The number of aromatic hydroxyl groups is 1. The van der Waals surface area contributed by atoms with Gasteiger partial charge in [-0.05, 0) is 109 Å². The van der Waals surface area contributed by atoms with Crippen molar-refractivity contribution in [1.82, 2.24) is 0 Å². The van der Waals surface area contributed by atoms with Crippen LogP contribution in [-0.2, 0) is 0 Å². The number of rotatable bonds is 14. The summed E-state index contributed by atoms with van der Waals surface area (Å²) >= 11 is 0. The fourth-order valence-corrected chi connectivity index (χ4v) is 5.03. The minimum absolute atomic E-state index is 0.0491. The van der Waals surface area contributed by atoms with Gasteiger partial charge in [0.15, 0.2) is 0 Å². The second-order valence-electron chi connectivity index (χ2n) is 11.6. The number of nitrogens with one attached hydrogen (secondary N) is 2. The van der Waals surface area contributed by atoms with E-state index in [4.69, 9.17) is 30.5 Å². The lowest BCUT2D eigenvalue weighted by Crippen LogP contribution is -2.17. The lowest BCUT2D eigenvalue weighted by atomic mass is 10.1. The van der Waals surface area contributed by atoms with Gasteiger partial charge in [0.2, 0.25) is 0 Å². The van der Waals surface area contributed by atoms with Crippen molar-refractivity contribution >= 4 is 35.1 Å². The van der Waals surface area contributed by atoms with E-state index in [0.717, 1.165) is 6.07 Å². The van der Waals surface area contributed by atoms with Crippen molar-refractivity contribution in [2.75, 3.05) is 23.8 Å². The zero-order valence-corrected chi connectivity index (χ0v) is 30.0. The van der Waals surface area contributed by atoms with E-state index in [9.17, 15) is 29.4 Å². The Balaban J connectivity index is 0.000000799. The number of ether oxygens (including phenoxy) is 4. The van der Waals surface area contributed by atoms with Crippen molar-refractivity contribution < 1.29 is 53.4 Å². The van der Waals surface area contributed by atoms with Gasteiger partial charge in [0.25, 0.3) is 11.8 Å². The number of phenolic OH excluding ortho intramolecular Hbond substituents is 1. The van der Waals surface area contributed by atoms with Crippen molar-refractivity contribution in [1.29, 1.82) is 0 Å². The number of terminal acetylenes is 1. The van der Waals surface area contributed by atoms with Crippen LogP contribution in [0.3, 0.4) is 0 Å². The van der Waals surface area contributed by atoms with Crippen molar-refractivity contribution in [2.24, 2.45) is 0 Å². The van der Waals surface area contributed by atoms with Crippen LogP contribution in [0.15, 0.2) is 146 Å². The van der Waals surface area contributed by atoms with E-state index < -0.39 is 23.8 Å². The van der Waals surface area contributed by atoms with Gasteiger partial charge in [0.05, 0.1) is 22.3 Å². The number of aromatic carboxylic acids is 2. The van der Waals surface area contributed by atoms with Gasteiger partial charge >= 0.3 is 11.9 Å². The van der Waals surface area contributed by atoms with Crippen LogP contribution in [0, 0.1) is 12.5 Å². The van der Waals surface area contributed by atoms with E-state index in [2.05, 4.69) is 10.6 Å². The molecule has 0 aliphatic heterocycles. The number of hydrogen-bond donors (Lipinski definition) is 5. The summed E-state index contributed by atoms with van der Waals surface area (Å²) in [5.74, 6) is -1.62. The highest BCUT2D eigenvalue weighted by Crippen LogP contribution is 2.26. The van der Waals surface area contributed by atoms with E-state index in [1.807, 2.05) is 42.5 Å². The number of carbonyl (C=O) groups is 4. The molecule has 0 atom stereocenters. The Morgan fingerprint density at radius 3 is 1.37 bits per heavy atom. The Morgan fingerprint density at radius 1 is 0.509 bits per heavy atom. The van der Waals surface area contributed by atoms with Crippen LogP contribution in [0.25, 0.3) is 0 Å². The zero-order valence-electron chi connectivity index (χ0n) is 30.0. The maximum Gasteiger partial charge on any atom is 0.336 e. The van der Waals surface area contributed by atoms with Crippen molar-refractivity contribution in [3.8, 4) is 47.0 Å². The second kappa shape index (κ2) is 19.7. The number of benzene rings is 6. The van der Waals surface area contributed by atoms with E-state index in [0.29, 0.717) is 34.4 Å². The van der Waals surface area contributed by atoms with Crippen LogP contribution >= 0.6 is 0 Å². The number of para-hydroxylation sites is 2. The molecular weight excluding hydrogens is 732 g/mol. The zero-order chi connectivity index (χ0) is 40.6. The third kappa shape index (κ3) is 11.9. The van der Waals surface area contributed by atoms with Gasteiger partial charge in [-0.15, -0.1) is 0 Å². The number of anilines is 2. The predicted octanol–water partition coefficient (Wildman–Crippen LogP) is 8.20. The summed E-state index contributed by atoms with van der Waals surface area (Å²) < 4.78 is 21.9. The molecule has 0 bridgehead atoms. The highest BCUT2D eigenvalue weighted by atomic mass is 16.5. The van der Waals surface area contributed by atoms with Crippen LogP contribution in [-0.4, -0.2) is 52.3 Å². The molecule has 0 fully saturated rings. The van der Waals surface area contributed by atoms with Crippen molar-refractivity contribution in [3.63, 3.8) is 0 Å². The van der Waals surface area contributed by atoms with Gasteiger partial charge < -0.3 is 44.9 Å². The largest absolute Gasteiger partial charge is 0.508 e. The lowest BCUT2D eigenvalue weighted by Gasteiger charge is -2.12. The van der Waals surface area contributed by atoms with Gasteiger partial charge in [0.1, 0.15) is 53.8 Å². The molecule has 0 aliphatic carbocycles. The SMILES string of the molecule is C#COc1ccc(C(=O)Nc2ccc(Oc3ccc(NC(=O)c4ccc(OCCOc5ccccc5)cc4C(=O)O)cc3)cc2)c(C(=O)O)c1.Oc1ccccc1. The normalized spacial score (nSPS) is 10.0. The minimum atomic E-state index is -1.32. The van der Waals surface area contributed by atoms with Gasteiger partial charge in [0, 0.05) is 11.4 Å². The molecular formula is C44H34N2O11. The quantitative estimate of drug-likeness (QED) is 0.0531. The van der Waals surface area contributed by atoms with E-state index in [1.54, 1.807) is 72.8 Å². The Bertz CT molecular complexity index is 2360. The highest BCUT2D eigenvalue weighted by molar-refractivity contribution is 6.11. The molecule has 13 nitrogen and oxygen atoms in total. The monoisotopic (exact) mass is 766 g/mol. The maximum atomic E-state index is 13.0. The van der Waals surface area contributed by atoms with Crippen LogP contribution in [0.4, 0.5) is 11.4 Å². The van der Waals surface area contributed by atoms with Crippen molar-refractivity contribution in [2.45, 2.75) is 0 Å². The number of carbonyl (C=O) groups excluding carboxylic acids is 2. The Labute approximate surface area is 326 Å². The molecule has 0 spiro atoms. The van der Waals surface area contributed by atoms with Crippen LogP contribution in [0.5, 0.6) is 34.5 Å². The molecule has 0 radical (unpaired) electrons. The number of carboxylic acid groups (broad SMARTS) is 2. The van der Waals surface area contributed by atoms with Gasteiger partial charge in [-0.25, -0.2) is 9.59 Å². The first kappa shape index (κ1) is 40.0. The molecule has 0 saturated carbocycles. The smallest absolute Gasteiger partial charge is 0.336 e. The van der Waals surface area contributed by atoms with Gasteiger partial charge in [-0.3, -0.25) is 9.59 Å².